The lowest BCUT2D eigenvalue weighted by molar-refractivity contribution is 0.310. The molecule has 10 heteroatoms. The maximum absolute atomic E-state index is 15.4. The van der Waals surface area contributed by atoms with E-state index in [0.29, 0.717) is 52.8 Å². The Hall–Kier alpha value is -4.05. The summed E-state index contributed by atoms with van der Waals surface area (Å²) in [5.41, 5.74) is 11.8. The zero-order valence-corrected chi connectivity index (χ0v) is 19.5. The molecule has 0 saturated heterocycles. The second-order valence-corrected chi connectivity index (χ2v) is 8.98. The van der Waals surface area contributed by atoms with Gasteiger partial charge in [-0.1, -0.05) is 0 Å². The summed E-state index contributed by atoms with van der Waals surface area (Å²) >= 11 is 0. The number of aromatic nitrogens is 4. The van der Waals surface area contributed by atoms with Crippen molar-refractivity contribution in [2.24, 2.45) is 0 Å². The van der Waals surface area contributed by atoms with Crippen LogP contribution in [0.15, 0.2) is 30.7 Å². The summed E-state index contributed by atoms with van der Waals surface area (Å²) in [5.74, 6) is 1.02. The number of nitrogen functional groups attached to an aromatic ring is 1. The number of hydrogen-bond donors (Lipinski definition) is 3. The fraction of sp³-hybridized carbons (Fsp3) is 0.280. The highest BCUT2D eigenvalue weighted by Gasteiger charge is 2.21. The average Bonchev–Trinajstić information content (AvgIpc) is 2.86. The van der Waals surface area contributed by atoms with E-state index in [1.807, 2.05) is 19.2 Å². The monoisotopic (exact) mass is 472 g/mol. The fourth-order valence-electron chi connectivity index (χ4n) is 4.69. The van der Waals surface area contributed by atoms with Gasteiger partial charge in [0.15, 0.2) is 5.82 Å². The number of benzene rings is 1. The molecule has 0 aliphatic carbocycles. The summed E-state index contributed by atoms with van der Waals surface area (Å²) in [6.45, 7) is 5.01. The largest absolute Gasteiger partial charge is 0.474 e. The zero-order chi connectivity index (χ0) is 24.1. The third-order valence-electron chi connectivity index (χ3n) is 6.62. The summed E-state index contributed by atoms with van der Waals surface area (Å²) in [6.07, 6.45) is 6.03. The van der Waals surface area contributed by atoms with Gasteiger partial charge in [0.25, 0.3) is 0 Å². The molecule has 0 spiro atoms. The number of ether oxygens (including phenoxy) is 1. The molecule has 0 atom stereocenters. The number of likely N-dealkylation sites (N-methyl/N-ethyl adjacent to an activating group) is 1. The van der Waals surface area contributed by atoms with E-state index in [9.17, 15) is 0 Å². The number of pyridine rings is 2. The molecule has 0 saturated carbocycles. The van der Waals surface area contributed by atoms with Crippen LogP contribution in [0.1, 0.15) is 16.7 Å². The number of nitrogens with two attached hydrogens (primary N) is 1. The Kier molecular flexibility index (Phi) is 5.10. The number of hydrogen-bond acceptors (Lipinski definition) is 9. The molecule has 9 nitrogen and oxygen atoms in total. The SMILES string of the molecule is Cc1c(-c2cc3nc(Nc4cc5c(cn4)CCN(C)C5)ncc3c(N)c2F)cnc2c1NCCO2. The molecule has 6 rings (SSSR count). The number of nitrogens with one attached hydrogen (secondary N) is 2. The van der Waals surface area contributed by atoms with Crippen LogP contribution in [0.4, 0.5) is 27.5 Å². The normalized spacial score (nSPS) is 15.2. The van der Waals surface area contributed by atoms with Crippen molar-refractivity contribution in [2.75, 3.05) is 43.1 Å². The second kappa shape index (κ2) is 8.31. The van der Waals surface area contributed by atoms with E-state index in [4.69, 9.17) is 10.5 Å². The maximum Gasteiger partial charge on any atom is 0.237 e. The summed E-state index contributed by atoms with van der Waals surface area (Å²) in [4.78, 5) is 20.1. The van der Waals surface area contributed by atoms with E-state index in [2.05, 4.69) is 42.5 Å². The first-order valence-corrected chi connectivity index (χ1v) is 11.5. The highest BCUT2D eigenvalue weighted by molar-refractivity contribution is 5.96. The second-order valence-electron chi connectivity index (χ2n) is 8.98. The summed E-state index contributed by atoms with van der Waals surface area (Å²) < 4.78 is 21.0. The van der Waals surface area contributed by atoms with Gasteiger partial charge in [-0.05, 0) is 49.2 Å². The van der Waals surface area contributed by atoms with Crippen molar-refractivity contribution >= 4 is 34.0 Å². The first kappa shape index (κ1) is 21.5. The highest BCUT2D eigenvalue weighted by Crippen LogP contribution is 2.39. The molecule has 4 N–H and O–H groups in total. The van der Waals surface area contributed by atoms with Crippen molar-refractivity contribution in [3.8, 4) is 17.0 Å². The molecule has 0 amide bonds. The maximum atomic E-state index is 15.4. The van der Waals surface area contributed by atoms with Gasteiger partial charge in [0, 0.05) is 54.7 Å². The first-order valence-electron chi connectivity index (χ1n) is 11.5. The van der Waals surface area contributed by atoms with Gasteiger partial charge >= 0.3 is 0 Å². The minimum absolute atomic E-state index is 0.000299. The third kappa shape index (κ3) is 3.75. The Morgan fingerprint density at radius 3 is 2.89 bits per heavy atom. The Labute approximate surface area is 201 Å². The van der Waals surface area contributed by atoms with Crippen LogP contribution in [0.2, 0.25) is 0 Å². The van der Waals surface area contributed by atoms with Gasteiger partial charge in [-0.3, -0.25) is 0 Å². The van der Waals surface area contributed by atoms with Gasteiger partial charge in [0.1, 0.15) is 18.1 Å². The van der Waals surface area contributed by atoms with Crippen LogP contribution < -0.4 is 21.1 Å². The average molecular weight is 473 g/mol. The van der Waals surface area contributed by atoms with Crippen molar-refractivity contribution in [2.45, 2.75) is 19.9 Å². The highest BCUT2D eigenvalue weighted by atomic mass is 19.1. The quantitative estimate of drug-likeness (QED) is 0.384. The Morgan fingerprint density at radius 1 is 1.11 bits per heavy atom. The number of nitrogens with zero attached hydrogens (tertiary/aromatic N) is 5. The van der Waals surface area contributed by atoms with Crippen molar-refractivity contribution in [1.82, 2.24) is 24.8 Å². The number of anilines is 4. The Balaban J connectivity index is 1.39. The van der Waals surface area contributed by atoms with Gasteiger partial charge in [0.2, 0.25) is 11.8 Å². The van der Waals surface area contributed by atoms with Gasteiger partial charge in [-0.2, -0.15) is 0 Å². The molecular weight excluding hydrogens is 447 g/mol. The van der Waals surface area contributed by atoms with Gasteiger partial charge in [-0.15, -0.1) is 0 Å². The topological polar surface area (TPSA) is 114 Å². The minimum Gasteiger partial charge on any atom is -0.474 e. The van der Waals surface area contributed by atoms with E-state index < -0.39 is 5.82 Å². The van der Waals surface area contributed by atoms with Crippen LogP contribution in [-0.2, 0) is 13.0 Å². The van der Waals surface area contributed by atoms with Crippen LogP contribution in [0, 0.1) is 12.7 Å². The van der Waals surface area contributed by atoms with Crippen molar-refractivity contribution in [1.29, 1.82) is 0 Å². The molecule has 2 aliphatic rings. The predicted octanol–water partition coefficient (Wildman–Crippen LogP) is 3.65. The molecule has 1 aromatic carbocycles. The molecule has 35 heavy (non-hydrogen) atoms. The molecule has 3 aromatic heterocycles. The van der Waals surface area contributed by atoms with E-state index in [0.717, 1.165) is 30.8 Å². The molecule has 0 bridgehead atoms. The molecule has 178 valence electrons. The van der Waals surface area contributed by atoms with Crippen LogP contribution in [0.25, 0.3) is 22.0 Å². The van der Waals surface area contributed by atoms with E-state index in [-0.39, 0.29) is 5.69 Å². The third-order valence-corrected chi connectivity index (χ3v) is 6.62. The van der Waals surface area contributed by atoms with Crippen LogP contribution >= 0.6 is 0 Å². The van der Waals surface area contributed by atoms with Gasteiger partial charge < -0.3 is 26.0 Å². The van der Waals surface area contributed by atoms with E-state index >= 15 is 4.39 Å². The smallest absolute Gasteiger partial charge is 0.237 e. The minimum atomic E-state index is -0.524. The van der Waals surface area contributed by atoms with Crippen molar-refractivity contribution < 1.29 is 9.13 Å². The predicted molar refractivity (Wildman–Crippen MR) is 133 cm³/mol. The summed E-state index contributed by atoms with van der Waals surface area (Å²) in [6, 6.07) is 3.71. The van der Waals surface area contributed by atoms with E-state index in [1.54, 1.807) is 12.3 Å². The van der Waals surface area contributed by atoms with Crippen LogP contribution in [0.3, 0.4) is 0 Å². The van der Waals surface area contributed by atoms with Crippen molar-refractivity contribution in [3.05, 3.63) is 53.2 Å². The molecule has 4 aromatic rings. The lowest BCUT2D eigenvalue weighted by Gasteiger charge is -2.24. The van der Waals surface area contributed by atoms with E-state index in [1.165, 1.54) is 17.3 Å². The lowest BCUT2D eigenvalue weighted by Crippen LogP contribution is -2.26. The molecular formula is C25H25FN8O. The molecule has 0 radical (unpaired) electrons. The van der Waals surface area contributed by atoms with Gasteiger partial charge in [0.05, 0.1) is 11.2 Å². The molecule has 5 heterocycles. The molecule has 2 aliphatic heterocycles. The number of fused-ring (bicyclic) bond motifs is 3. The summed E-state index contributed by atoms with van der Waals surface area (Å²) in [7, 11) is 2.10. The molecule has 0 fully saturated rings. The summed E-state index contributed by atoms with van der Waals surface area (Å²) in [5, 5.41) is 6.91. The fourth-order valence-corrected chi connectivity index (χ4v) is 4.69. The Bertz CT molecular complexity index is 1470. The van der Waals surface area contributed by atoms with Crippen LogP contribution in [0.5, 0.6) is 5.88 Å². The Morgan fingerprint density at radius 2 is 2.00 bits per heavy atom. The molecule has 0 unspecified atom stereocenters. The lowest BCUT2D eigenvalue weighted by atomic mass is 9.98. The zero-order valence-electron chi connectivity index (χ0n) is 19.5. The first-order chi connectivity index (χ1) is 17.0. The number of rotatable bonds is 3. The standard InChI is InChI=1S/C25H25FN8O/c1-13-17(10-30-24-23(13)28-4-6-35-24)16-8-19-18(22(27)21(16)26)11-31-25(32-19)33-20-7-15-12-34(2)5-3-14(15)9-29-20/h7-11,28H,3-6,12,27H2,1-2H3,(H,29,31,32,33). The number of halogens is 1. The van der Waals surface area contributed by atoms with Crippen molar-refractivity contribution in [3.63, 3.8) is 0 Å². The van der Waals surface area contributed by atoms with Gasteiger partial charge in [-0.25, -0.2) is 24.3 Å². The van der Waals surface area contributed by atoms with Crippen LogP contribution in [-0.4, -0.2) is 51.6 Å².